The molecule has 28 heavy (non-hydrogen) atoms. The highest BCUT2D eigenvalue weighted by Gasteiger charge is 2.18. The predicted octanol–water partition coefficient (Wildman–Crippen LogP) is 3.76. The molecule has 0 N–H and O–H groups in total. The Morgan fingerprint density at radius 2 is 1.96 bits per heavy atom. The summed E-state index contributed by atoms with van der Waals surface area (Å²) in [6.45, 7) is 8.50. The summed E-state index contributed by atoms with van der Waals surface area (Å²) in [5, 5.41) is 9.37. The van der Waals surface area contributed by atoms with Crippen LogP contribution in [0.5, 0.6) is 0 Å². The summed E-state index contributed by atoms with van der Waals surface area (Å²) >= 11 is 1.52. The third kappa shape index (κ3) is 4.97. The van der Waals surface area contributed by atoms with E-state index in [1.807, 2.05) is 39.8 Å². The molecule has 0 aliphatic heterocycles. The van der Waals surface area contributed by atoms with E-state index >= 15 is 0 Å². The number of ether oxygens (including phenoxy) is 2. The van der Waals surface area contributed by atoms with Crippen LogP contribution in [0, 0.1) is 39.0 Å². The van der Waals surface area contributed by atoms with Gasteiger partial charge in [-0.3, -0.25) is 4.79 Å². The van der Waals surface area contributed by atoms with E-state index in [1.54, 1.807) is 13.2 Å². The molecule has 0 fully saturated rings. The minimum absolute atomic E-state index is 0.141. The number of Topliss-reactive ketones (excluding diaryl/α,β-unsaturated/α-hetero) is 1. The molecule has 148 valence electrons. The number of nitrogens with zero attached hydrogens (tertiary/aromatic N) is 2. The minimum Gasteiger partial charge on any atom is -0.453 e. The van der Waals surface area contributed by atoms with Crippen LogP contribution in [0.2, 0.25) is 0 Å². The van der Waals surface area contributed by atoms with E-state index in [2.05, 4.69) is 4.57 Å². The molecule has 0 atom stereocenters. The molecule has 2 rings (SSSR count). The summed E-state index contributed by atoms with van der Waals surface area (Å²) < 4.78 is 12.3. The van der Waals surface area contributed by atoms with Gasteiger partial charge in [0.05, 0.1) is 6.61 Å². The fourth-order valence-electron chi connectivity index (χ4n) is 2.99. The number of aromatic nitrogens is 1. The van der Waals surface area contributed by atoms with Crippen molar-refractivity contribution in [2.45, 2.75) is 34.2 Å². The van der Waals surface area contributed by atoms with Crippen molar-refractivity contribution in [3.05, 3.63) is 50.0 Å². The van der Waals surface area contributed by atoms with Gasteiger partial charge in [0, 0.05) is 40.4 Å². The van der Waals surface area contributed by atoms with Gasteiger partial charge in [0.1, 0.15) is 11.6 Å². The number of ketones is 1. The van der Waals surface area contributed by atoms with Gasteiger partial charge in [-0.1, -0.05) is 0 Å². The van der Waals surface area contributed by atoms with Crippen molar-refractivity contribution < 1.29 is 19.1 Å². The van der Waals surface area contributed by atoms with Crippen LogP contribution >= 0.6 is 11.3 Å². The molecule has 0 radical (unpaired) electrons. The molecule has 7 heteroatoms. The number of aryl methyl sites for hydroxylation is 3. The van der Waals surface area contributed by atoms with Gasteiger partial charge in [0.2, 0.25) is 5.78 Å². The van der Waals surface area contributed by atoms with Gasteiger partial charge < -0.3 is 14.0 Å². The highest BCUT2D eigenvalue weighted by Crippen LogP contribution is 2.21. The molecule has 0 spiro atoms. The maximum atomic E-state index is 12.3. The number of methoxy groups -OCH3 is 1. The van der Waals surface area contributed by atoms with E-state index in [4.69, 9.17) is 9.47 Å². The van der Waals surface area contributed by atoms with Crippen molar-refractivity contribution in [1.29, 1.82) is 5.26 Å². The van der Waals surface area contributed by atoms with E-state index in [0.717, 1.165) is 26.7 Å². The molecule has 2 aromatic heterocycles. The molecular formula is C21H24N2O4S. The fourth-order valence-corrected chi connectivity index (χ4v) is 3.93. The Morgan fingerprint density at radius 1 is 1.25 bits per heavy atom. The zero-order chi connectivity index (χ0) is 20.8. The lowest BCUT2D eigenvalue weighted by molar-refractivity contribution is -0.137. The average Bonchev–Trinajstić information content (AvgIpc) is 3.13. The minimum atomic E-state index is -0.804. The van der Waals surface area contributed by atoms with Gasteiger partial charge in [-0.15, -0.1) is 11.3 Å². The molecule has 2 heterocycles. The third-order valence-electron chi connectivity index (χ3n) is 4.45. The number of carbonyl (C=O) groups excluding carboxylic acids is 2. The highest BCUT2D eigenvalue weighted by atomic mass is 32.1. The molecule has 0 aliphatic rings. The number of esters is 1. The van der Waals surface area contributed by atoms with Gasteiger partial charge >= 0.3 is 5.97 Å². The summed E-state index contributed by atoms with van der Waals surface area (Å²) in [5.41, 5.74) is 3.11. The third-order valence-corrected chi connectivity index (χ3v) is 5.41. The van der Waals surface area contributed by atoms with Crippen LogP contribution in [0.3, 0.4) is 0 Å². The maximum absolute atomic E-state index is 12.3. The van der Waals surface area contributed by atoms with Gasteiger partial charge in [-0.2, -0.15) is 5.26 Å². The fraction of sp³-hybridized carbons (Fsp3) is 0.381. The Balaban J connectivity index is 2.12. The molecule has 2 aromatic rings. The first-order chi connectivity index (χ1) is 13.3. The van der Waals surface area contributed by atoms with E-state index in [-0.39, 0.29) is 18.0 Å². The lowest BCUT2D eigenvalue weighted by Crippen LogP contribution is -2.15. The molecule has 0 aromatic carbocycles. The zero-order valence-corrected chi connectivity index (χ0v) is 17.6. The molecule has 0 bridgehead atoms. The molecule has 0 aliphatic carbocycles. The van der Waals surface area contributed by atoms with Crippen LogP contribution in [0.1, 0.15) is 37.1 Å². The molecular weight excluding hydrogens is 376 g/mol. The second-order valence-corrected chi connectivity index (χ2v) is 7.93. The number of rotatable bonds is 8. The SMILES string of the molecule is COCCn1c(C)cc(/C=C(\C#N)C(=O)OCC(=O)c2cc(C)sc2C)c1C. The quantitative estimate of drug-likeness (QED) is 0.292. The molecule has 0 amide bonds. The first-order valence-corrected chi connectivity index (χ1v) is 9.65. The lowest BCUT2D eigenvalue weighted by Gasteiger charge is -2.08. The summed E-state index contributed by atoms with van der Waals surface area (Å²) in [6.07, 6.45) is 1.50. The lowest BCUT2D eigenvalue weighted by atomic mass is 10.1. The second-order valence-electron chi connectivity index (χ2n) is 6.47. The van der Waals surface area contributed by atoms with E-state index in [0.29, 0.717) is 18.7 Å². The maximum Gasteiger partial charge on any atom is 0.349 e. The summed E-state index contributed by atoms with van der Waals surface area (Å²) in [4.78, 5) is 26.5. The van der Waals surface area contributed by atoms with Crippen LogP contribution in [0.15, 0.2) is 17.7 Å². The van der Waals surface area contributed by atoms with Crippen LogP contribution in [0.25, 0.3) is 6.08 Å². The first-order valence-electron chi connectivity index (χ1n) is 8.83. The van der Waals surface area contributed by atoms with Gasteiger partial charge in [-0.25, -0.2) is 4.79 Å². The molecule has 0 saturated carbocycles. The number of hydrogen-bond donors (Lipinski definition) is 0. The van der Waals surface area contributed by atoms with Crippen molar-refractivity contribution in [2.24, 2.45) is 0 Å². The number of thiophene rings is 1. The van der Waals surface area contributed by atoms with Crippen LogP contribution in [-0.2, 0) is 20.8 Å². The molecule has 6 nitrogen and oxygen atoms in total. The Morgan fingerprint density at radius 3 is 2.54 bits per heavy atom. The zero-order valence-electron chi connectivity index (χ0n) is 16.8. The van der Waals surface area contributed by atoms with Crippen molar-refractivity contribution in [3.8, 4) is 6.07 Å². The Labute approximate surface area is 169 Å². The van der Waals surface area contributed by atoms with E-state index in [1.165, 1.54) is 17.4 Å². The van der Waals surface area contributed by atoms with E-state index in [9.17, 15) is 14.9 Å². The number of nitriles is 1. The van der Waals surface area contributed by atoms with Crippen molar-refractivity contribution >= 4 is 29.2 Å². The van der Waals surface area contributed by atoms with Gasteiger partial charge in [0.15, 0.2) is 6.61 Å². The van der Waals surface area contributed by atoms with Crippen LogP contribution < -0.4 is 0 Å². The van der Waals surface area contributed by atoms with Gasteiger partial charge in [0.25, 0.3) is 0 Å². The molecule has 0 saturated heterocycles. The largest absolute Gasteiger partial charge is 0.453 e. The second kappa shape index (κ2) is 9.49. The summed E-state index contributed by atoms with van der Waals surface area (Å²) in [5.74, 6) is -1.08. The average molecular weight is 401 g/mol. The standard InChI is InChI=1S/C21H24N2O4S/c1-13-8-17(15(3)23(13)6-7-26-5)10-18(11-22)21(25)27-12-20(24)19-9-14(2)28-16(19)4/h8-10H,6-7,12H2,1-5H3/b18-10+. The molecule has 0 unspecified atom stereocenters. The van der Waals surface area contributed by atoms with Crippen molar-refractivity contribution in [3.63, 3.8) is 0 Å². The Bertz CT molecular complexity index is 960. The number of carbonyl (C=O) groups is 2. The Kier molecular flexibility index (Phi) is 7.32. The van der Waals surface area contributed by atoms with Crippen molar-refractivity contribution in [2.75, 3.05) is 20.3 Å². The van der Waals surface area contributed by atoms with Gasteiger partial charge in [-0.05, 0) is 51.5 Å². The summed E-state index contributed by atoms with van der Waals surface area (Å²) in [6, 6.07) is 5.56. The first kappa shape index (κ1) is 21.6. The summed E-state index contributed by atoms with van der Waals surface area (Å²) in [7, 11) is 1.64. The predicted molar refractivity (Wildman–Crippen MR) is 108 cm³/mol. The van der Waals surface area contributed by atoms with E-state index < -0.39 is 5.97 Å². The smallest absolute Gasteiger partial charge is 0.349 e. The van der Waals surface area contributed by atoms with Crippen LogP contribution in [-0.4, -0.2) is 36.6 Å². The monoisotopic (exact) mass is 400 g/mol. The number of hydrogen-bond acceptors (Lipinski definition) is 6. The highest BCUT2D eigenvalue weighted by molar-refractivity contribution is 7.12. The van der Waals surface area contributed by atoms with Crippen LogP contribution in [0.4, 0.5) is 0 Å². The Hall–Kier alpha value is -2.69. The van der Waals surface area contributed by atoms with Crippen molar-refractivity contribution in [1.82, 2.24) is 4.57 Å². The topological polar surface area (TPSA) is 81.3 Å². The normalized spacial score (nSPS) is 11.4.